The summed E-state index contributed by atoms with van der Waals surface area (Å²) in [6, 6.07) is 33.5. The summed E-state index contributed by atoms with van der Waals surface area (Å²) in [5.74, 6) is 0. The van der Waals surface area contributed by atoms with Crippen LogP contribution in [-0.2, 0) is 5.04 Å². The van der Waals surface area contributed by atoms with Crippen LogP contribution in [0.1, 0.15) is 16.7 Å². The van der Waals surface area contributed by atoms with Crippen molar-refractivity contribution in [3.63, 3.8) is 0 Å². The van der Waals surface area contributed by atoms with E-state index in [1.165, 1.54) is 16.7 Å². The highest BCUT2D eigenvalue weighted by Crippen LogP contribution is 2.38. The van der Waals surface area contributed by atoms with E-state index in [4.69, 9.17) is 0 Å². The van der Waals surface area contributed by atoms with E-state index in [1.807, 2.05) is 6.08 Å². The Hall–Kier alpha value is -2.38. The van der Waals surface area contributed by atoms with Crippen molar-refractivity contribution >= 4 is 9.52 Å². The summed E-state index contributed by atoms with van der Waals surface area (Å²) < 4.78 is 0. The van der Waals surface area contributed by atoms with Gasteiger partial charge >= 0.3 is 0 Å². The van der Waals surface area contributed by atoms with E-state index in [-0.39, 0.29) is 5.04 Å². The van der Waals surface area contributed by atoms with Crippen LogP contribution in [0.3, 0.4) is 0 Å². The number of rotatable bonds is 6. The van der Waals surface area contributed by atoms with Crippen LogP contribution in [0.2, 0.25) is 6.04 Å². The van der Waals surface area contributed by atoms with Crippen molar-refractivity contribution in [2.24, 2.45) is 0 Å². The minimum Gasteiger partial charge on any atom is -0.103 e. The number of allylic oxidation sites excluding steroid dienone is 1. The van der Waals surface area contributed by atoms with E-state index in [1.54, 1.807) is 0 Å². The lowest BCUT2D eigenvalue weighted by molar-refractivity contribution is 0.861. The Kier molecular flexibility index (Phi) is 4.89. The summed E-state index contributed by atoms with van der Waals surface area (Å²) in [7, 11) is 0.708. The lowest BCUT2D eigenvalue weighted by atomic mass is 9.84. The van der Waals surface area contributed by atoms with Crippen molar-refractivity contribution in [1.29, 1.82) is 0 Å². The van der Waals surface area contributed by atoms with Gasteiger partial charge in [0, 0.05) is 5.04 Å². The Morgan fingerprint density at radius 1 is 0.652 bits per heavy atom. The summed E-state index contributed by atoms with van der Waals surface area (Å²) >= 11 is 0. The molecule has 3 aromatic rings. The molecule has 1 heteroatoms. The third-order valence-corrected chi connectivity index (χ3v) is 6.02. The first-order valence-corrected chi connectivity index (χ1v) is 9.11. The van der Waals surface area contributed by atoms with E-state index >= 15 is 0 Å². The van der Waals surface area contributed by atoms with Crippen LogP contribution in [0.5, 0.6) is 0 Å². The van der Waals surface area contributed by atoms with Crippen LogP contribution in [-0.4, -0.2) is 9.52 Å². The largest absolute Gasteiger partial charge is 0.103 e. The molecule has 2 radical (unpaired) electrons. The standard InChI is InChI=1S/C22H20Si/c1-2-18-23-22(19-12-6-3-7-13-19,20-14-8-4-9-15-20)21-16-10-5-11-17-21/h2-17H,1,18H2. The third kappa shape index (κ3) is 3.06. The summed E-state index contributed by atoms with van der Waals surface area (Å²) in [6.45, 7) is 3.95. The Labute approximate surface area is 141 Å². The molecule has 0 saturated heterocycles. The molecular weight excluding hydrogens is 292 g/mol. The van der Waals surface area contributed by atoms with E-state index in [2.05, 4.69) is 97.6 Å². The molecular formula is C22H20Si. The summed E-state index contributed by atoms with van der Waals surface area (Å²) in [5, 5.41) is -0.113. The zero-order valence-electron chi connectivity index (χ0n) is 13.2. The molecule has 0 aliphatic carbocycles. The van der Waals surface area contributed by atoms with E-state index in [0.29, 0.717) is 9.52 Å². The fourth-order valence-corrected chi connectivity index (χ4v) is 4.66. The molecule has 0 bridgehead atoms. The molecule has 0 spiro atoms. The third-order valence-electron chi connectivity index (χ3n) is 4.13. The molecule has 0 aliphatic rings. The van der Waals surface area contributed by atoms with Crippen molar-refractivity contribution in [3.05, 3.63) is 120 Å². The molecule has 0 fully saturated rings. The van der Waals surface area contributed by atoms with Gasteiger partial charge < -0.3 is 0 Å². The molecule has 0 N–H and O–H groups in total. The van der Waals surface area contributed by atoms with E-state index in [0.717, 1.165) is 6.04 Å². The molecule has 0 unspecified atom stereocenters. The van der Waals surface area contributed by atoms with Gasteiger partial charge in [-0.2, -0.15) is 0 Å². The second kappa shape index (κ2) is 7.25. The lowest BCUT2D eigenvalue weighted by Crippen LogP contribution is -2.35. The van der Waals surface area contributed by atoms with E-state index < -0.39 is 0 Å². The average molecular weight is 312 g/mol. The van der Waals surface area contributed by atoms with Crippen molar-refractivity contribution < 1.29 is 0 Å². The number of hydrogen-bond donors (Lipinski definition) is 0. The van der Waals surface area contributed by atoms with Crippen LogP contribution < -0.4 is 0 Å². The van der Waals surface area contributed by atoms with Crippen molar-refractivity contribution in [2.45, 2.75) is 11.1 Å². The van der Waals surface area contributed by atoms with Gasteiger partial charge in [-0.05, 0) is 22.7 Å². The monoisotopic (exact) mass is 312 g/mol. The first-order chi connectivity index (χ1) is 11.4. The maximum atomic E-state index is 3.95. The predicted molar refractivity (Wildman–Crippen MR) is 100.0 cm³/mol. The Bertz CT molecular complexity index is 636. The molecule has 0 atom stereocenters. The second-order valence-corrected chi connectivity index (χ2v) is 7.03. The zero-order valence-corrected chi connectivity index (χ0v) is 14.2. The molecule has 3 rings (SSSR count). The van der Waals surface area contributed by atoms with Crippen molar-refractivity contribution in [1.82, 2.24) is 0 Å². The van der Waals surface area contributed by atoms with Gasteiger partial charge in [-0.3, -0.25) is 0 Å². The Morgan fingerprint density at radius 2 is 1.00 bits per heavy atom. The van der Waals surface area contributed by atoms with Crippen LogP contribution in [0, 0.1) is 0 Å². The maximum absolute atomic E-state index is 3.95. The lowest BCUT2D eigenvalue weighted by Gasteiger charge is -2.35. The molecule has 0 nitrogen and oxygen atoms in total. The van der Waals surface area contributed by atoms with Crippen LogP contribution in [0.4, 0.5) is 0 Å². The Balaban J connectivity index is 2.27. The molecule has 112 valence electrons. The fourth-order valence-electron chi connectivity index (χ4n) is 3.10. The summed E-state index contributed by atoms with van der Waals surface area (Å²) in [5.41, 5.74) is 4.03. The smallest absolute Gasteiger partial charge is 0.0683 e. The summed E-state index contributed by atoms with van der Waals surface area (Å²) in [4.78, 5) is 0. The first-order valence-electron chi connectivity index (χ1n) is 7.90. The molecule has 0 aromatic heterocycles. The highest BCUT2D eigenvalue weighted by molar-refractivity contribution is 6.43. The van der Waals surface area contributed by atoms with Crippen LogP contribution >= 0.6 is 0 Å². The maximum Gasteiger partial charge on any atom is 0.0683 e. The SMILES string of the molecule is C=CC[Si]C(c1ccccc1)(c1ccccc1)c1ccccc1. The minimum absolute atomic E-state index is 0.113. The molecule has 0 amide bonds. The topological polar surface area (TPSA) is 0 Å². The highest BCUT2D eigenvalue weighted by Gasteiger charge is 2.35. The fraction of sp³-hybridized carbons (Fsp3) is 0.0909. The van der Waals surface area contributed by atoms with Gasteiger partial charge in [0.15, 0.2) is 0 Å². The van der Waals surface area contributed by atoms with Gasteiger partial charge in [-0.15, -0.1) is 6.58 Å². The zero-order chi connectivity index (χ0) is 16.0. The van der Waals surface area contributed by atoms with Gasteiger partial charge in [-0.25, -0.2) is 0 Å². The van der Waals surface area contributed by atoms with Crippen LogP contribution in [0.25, 0.3) is 0 Å². The molecule has 23 heavy (non-hydrogen) atoms. The molecule has 3 aromatic carbocycles. The van der Waals surface area contributed by atoms with Crippen LogP contribution in [0.15, 0.2) is 104 Å². The van der Waals surface area contributed by atoms with Gasteiger partial charge in [0.05, 0.1) is 9.52 Å². The average Bonchev–Trinajstić information content (AvgIpc) is 2.65. The van der Waals surface area contributed by atoms with Crippen molar-refractivity contribution in [2.75, 3.05) is 0 Å². The normalized spacial score (nSPS) is 11.1. The first kappa shape index (κ1) is 15.5. The quantitative estimate of drug-likeness (QED) is 0.330. The molecule has 0 saturated carbocycles. The van der Waals surface area contributed by atoms with Gasteiger partial charge in [-0.1, -0.05) is 97.1 Å². The number of benzene rings is 3. The van der Waals surface area contributed by atoms with Crippen molar-refractivity contribution in [3.8, 4) is 0 Å². The minimum atomic E-state index is -0.113. The Morgan fingerprint density at radius 3 is 1.30 bits per heavy atom. The molecule has 0 heterocycles. The highest BCUT2D eigenvalue weighted by atomic mass is 28.2. The molecule has 0 aliphatic heterocycles. The predicted octanol–water partition coefficient (Wildman–Crippen LogP) is 5.29. The number of hydrogen-bond acceptors (Lipinski definition) is 0. The van der Waals surface area contributed by atoms with Gasteiger partial charge in [0.2, 0.25) is 0 Å². The van der Waals surface area contributed by atoms with E-state index in [9.17, 15) is 0 Å². The van der Waals surface area contributed by atoms with Gasteiger partial charge in [0.1, 0.15) is 0 Å². The summed E-state index contributed by atoms with van der Waals surface area (Å²) in [6.07, 6.45) is 2.03. The van der Waals surface area contributed by atoms with Gasteiger partial charge in [0.25, 0.3) is 0 Å². The second-order valence-electron chi connectivity index (χ2n) is 5.52.